The fourth-order valence-corrected chi connectivity index (χ4v) is 1.25. The van der Waals surface area contributed by atoms with Crippen LogP contribution >= 0.6 is 0 Å². The number of rotatable bonds is 5. The summed E-state index contributed by atoms with van der Waals surface area (Å²) in [5, 5.41) is 3.92. The first-order valence-electron chi connectivity index (χ1n) is 4.59. The van der Waals surface area contributed by atoms with Crippen molar-refractivity contribution >= 4 is 12.1 Å². The van der Waals surface area contributed by atoms with Crippen LogP contribution in [0.15, 0.2) is 12.4 Å². The first-order chi connectivity index (χ1) is 6.63. The van der Waals surface area contributed by atoms with Crippen LogP contribution in [0.4, 0.5) is 0 Å². The molecule has 1 atom stereocenters. The van der Waals surface area contributed by atoms with E-state index in [2.05, 4.69) is 5.10 Å². The monoisotopic (exact) mass is 194 g/mol. The lowest BCUT2D eigenvalue weighted by Gasteiger charge is -2.04. The number of Topliss-reactive ketones (excluding diaryl/α,β-unsaturated/α-hetero) is 1. The van der Waals surface area contributed by atoms with Gasteiger partial charge in [0.2, 0.25) is 0 Å². The summed E-state index contributed by atoms with van der Waals surface area (Å²) in [4.78, 5) is 21.8. The van der Waals surface area contributed by atoms with Gasteiger partial charge in [-0.05, 0) is 5.92 Å². The fraction of sp³-hybridized carbons (Fsp3) is 0.500. The normalized spacial score (nSPS) is 12.4. The van der Waals surface area contributed by atoms with Crippen molar-refractivity contribution in [3.8, 4) is 0 Å². The van der Waals surface area contributed by atoms with E-state index in [0.29, 0.717) is 18.4 Å². The Hall–Kier alpha value is -1.45. The van der Waals surface area contributed by atoms with Gasteiger partial charge < -0.3 is 4.79 Å². The second kappa shape index (κ2) is 4.69. The molecule has 0 saturated heterocycles. The third-order valence-electron chi connectivity index (χ3n) is 2.06. The van der Waals surface area contributed by atoms with Crippen LogP contribution in [0.3, 0.4) is 0 Å². The van der Waals surface area contributed by atoms with E-state index in [1.165, 1.54) is 0 Å². The molecule has 0 N–H and O–H groups in total. The zero-order valence-electron chi connectivity index (χ0n) is 8.43. The van der Waals surface area contributed by atoms with Crippen molar-refractivity contribution in [2.45, 2.75) is 19.8 Å². The first kappa shape index (κ1) is 10.6. The zero-order valence-corrected chi connectivity index (χ0v) is 8.43. The topological polar surface area (TPSA) is 52.0 Å². The molecule has 4 heteroatoms. The Morgan fingerprint density at radius 1 is 1.71 bits per heavy atom. The molecule has 4 nitrogen and oxygen atoms in total. The van der Waals surface area contributed by atoms with Crippen LogP contribution in [0.25, 0.3) is 0 Å². The van der Waals surface area contributed by atoms with Crippen molar-refractivity contribution in [3.63, 3.8) is 0 Å². The summed E-state index contributed by atoms with van der Waals surface area (Å²) < 4.78 is 1.59. The SMILES string of the molecule is C[C@H](CC=O)CC(=O)c1cnn(C)c1. The summed E-state index contributed by atoms with van der Waals surface area (Å²) in [5.41, 5.74) is 0.616. The number of hydrogen-bond donors (Lipinski definition) is 0. The molecule has 0 aliphatic rings. The lowest BCUT2D eigenvalue weighted by Crippen LogP contribution is -2.05. The van der Waals surface area contributed by atoms with E-state index in [1.54, 1.807) is 24.1 Å². The van der Waals surface area contributed by atoms with Gasteiger partial charge in [-0.15, -0.1) is 0 Å². The van der Waals surface area contributed by atoms with Crippen LogP contribution < -0.4 is 0 Å². The highest BCUT2D eigenvalue weighted by Crippen LogP contribution is 2.10. The highest BCUT2D eigenvalue weighted by Gasteiger charge is 2.12. The van der Waals surface area contributed by atoms with Gasteiger partial charge in [0.15, 0.2) is 5.78 Å². The average molecular weight is 194 g/mol. The molecule has 1 aromatic rings. The lowest BCUT2D eigenvalue weighted by molar-refractivity contribution is -0.108. The van der Waals surface area contributed by atoms with E-state index in [9.17, 15) is 9.59 Å². The molecule has 0 saturated carbocycles. The number of nitrogens with zero attached hydrogens (tertiary/aromatic N) is 2. The maximum absolute atomic E-state index is 11.6. The fourth-order valence-electron chi connectivity index (χ4n) is 1.25. The second-order valence-corrected chi connectivity index (χ2v) is 3.54. The van der Waals surface area contributed by atoms with Crippen LogP contribution in [0.1, 0.15) is 30.1 Å². The van der Waals surface area contributed by atoms with Crippen LogP contribution in [-0.2, 0) is 11.8 Å². The molecule has 0 aromatic carbocycles. The van der Waals surface area contributed by atoms with E-state index in [4.69, 9.17) is 0 Å². The van der Waals surface area contributed by atoms with Gasteiger partial charge in [-0.25, -0.2) is 0 Å². The largest absolute Gasteiger partial charge is 0.303 e. The number of aryl methyl sites for hydroxylation is 1. The molecule has 0 unspecified atom stereocenters. The molecule has 0 spiro atoms. The Bertz CT molecular complexity index is 331. The Morgan fingerprint density at radius 2 is 2.43 bits per heavy atom. The van der Waals surface area contributed by atoms with Crippen LogP contribution in [0.2, 0.25) is 0 Å². The lowest BCUT2D eigenvalue weighted by atomic mass is 9.99. The Balaban J connectivity index is 2.54. The smallest absolute Gasteiger partial charge is 0.166 e. The number of carbonyl (C=O) groups excluding carboxylic acids is 2. The predicted octanol–water partition coefficient (Wildman–Crippen LogP) is 1.22. The van der Waals surface area contributed by atoms with E-state index in [0.717, 1.165) is 6.29 Å². The number of aromatic nitrogens is 2. The van der Waals surface area contributed by atoms with Crippen molar-refractivity contribution in [3.05, 3.63) is 18.0 Å². The Kier molecular flexibility index (Phi) is 3.56. The maximum Gasteiger partial charge on any atom is 0.166 e. The quantitative estimate of drug-likeness (QED) is 0.523. The maximum atomic E-state index is 11.6. The molecule has 0 bridgehead atoms. The third-order valence-corrected chi connectivity index (χ3v) is 2.06. The van der Waals surface area contributed by atoms with Crippen molar-refractivity contribution in [1.29, 1.82) is 0 Å². The molecule has 1 aromatic heterocycles. The molecule has 0 aliphatic heterocycles. The molecule has 0 radical (unpaired) electrons. The molecular formula is C10H14N2O2. The summed E-state index contributed by atoms with van der Waals surface area (Å²) in [6.07, 6.45) is 4.93. The van der Waals surface area contributed by atoms with Gasteiger partial charge >= 0.3 is 0 Å². The van der Waals surface area contributed by atoms with Crippen molar-refractivity contribution < 1.29 is 9.59 Å². The van der Waals surface area contributed by atoms with E-state index in [1.807, 2.05) is 6.92 Å². The minimum absolute atomic E-state index is 0.0486. The molecule has 0 aliphatic carbocycles. The van der Waals surface area contributed by atoms with Crippen LogP contribution in [-0.4, -0.2) is 21.8 Å². The Morgan fingerprint density at radius 3 is 2.93 bits per heavy atom. The van der Waals surface area contributed by atoms with Crippen LogP contribution in [0.5, 0.6) is 0 Å². The van der Waals surface area contributed by atoms with Crippen molar-refractivity contribution in [1.82, 2.24) is 9.78 Å². The molecule has 0 amide bonds. The van der Waals surface area contributed by atoms with Crippen LogP contribution in [0, 0.1) is 5.92 Å². The van der Waals surface area contributed by atoms with Crippen molar-refractivity contribution in [2.75, 3.05) is 0 Å². The summed E-state index contributed by atoms with van der Waals surface area (Å²) in [6, 6.07) is 0. The second-order valence-electron chi connectivity index (χ2n) is 3.54. The molecule has 1 rings (SSSR count). The standard InChI is InChI=1S/C10H14N2O2/c1-8(3-4-13)5-10(14)9-6-11-12(2)7-9/h4,6-8H,3,5H2,1-2H3/t8-/m1/s1. The third kappa shape index (κ3) is 2.80. The summed E-state index contributed by atoms with van der Waals surface area (Å²) in [7, 11) is 1.77. The van der Waals surface area contributed by atoms with Gasteiger partial charge in [-0.2, -0.15) is 5.10 Å². The highest BCUT2D eigenvalue weighted by atomic mass is 16.1. The van der Waals surface area contributed by atoms with Gasteiger partial charge in [0.1, 0.15) is 6.29 Å². The summed E-state index contributed by atoms with van der Waals surface area (Å²) >= 11 is 0. The average Bonchev–Trinajstić information content (AvgIpc) is 2.52. The minimum atomic E-state index is 0.0486. The highest BCUT2D eigenvalue weighted by molar-refractivity contribution is 5.95. The van der Waals surface area contributed by atoms with Gasteiger partial charge in [-0.3, -0.25) is 9.48 Å². The van der Waals surface area contributed by atoms with Gasteiger partial charge in [-0.1, -0.05) is 6.92 Å². The molecule has 0 fully saturated rings. The summed E-state index contributed by atoms with van der Waals surface area (Å²) in [5.74, 6) is 0.160. The number of carbonyl (C=O) groups is 2. The minimum Gasteiger partial charge on any atom is -0.303 e. The number of ketones is 1. The first-order valence-corrected chi connectivity index (χ1v) is 4.59. The summed E-state index contributed by atoms with van der Waals surface area (Å²) in [6.45, 7) is 1.89. The van der Waals surface area contributed by atoms with Gasteiger partial charge in [0.05, 0.1) is 11.8 Å². The Labute approximate surface area is 82.9 Å². The number of aldehydes is 1. The molecule has 76 valence electrons. The molecule has 14 heavy (non-hydrogen) atoms. The van der Waals surface area contributed by atoms with Gasteiger partial charge in [0.25, 0.3) is 0 Å². The molecule has 1 heterocycles. The van der Waals surface area contributed by atoms with Crippen molar-refractivity contribution in [2.24, 2.45) is 13.0 Å². The predicted molar refractivity (Wildman–Crippen MR) is 52.0 cm³/mol. The van der Waals surface area contributed by atoms with Gasteiger partial charge in [0, 0.05) is 26.1 Å². The van der Waals surface area contributed by atoms with E-state index >= 15 is 0 Å². The zero-order chi connectivity index (χ0) is 10.6. The van der Waals surface area contributed by atoms with E-state index in [-0.39, 0.29) is 11.7 Å². The van der Waals surface area contributed by atoms with E-state index < -0.39 is 0 Å². The molecular weight excluding hydrogens is 180 g/mol. The number of hydrogen-bond acceptors (Lipinski definition) is 3.